The molecular weight excluding hydrogens is 471 g/mol. The van der Waals surface area contributed by atoms with Crippen LogP contribution in [0.15, 0.2) is 48.5 Å². The van der Waals surface area contributed by atoms with Crippen molar-refractivity contribution in [2.45, 2.75) is 12.2 Å². The van der Waals surface area contributed by atoms with Crippen LogP contribution in [-0.4, -0.2) is 16.9 Å². The average molecular weight is 483 g/mol. The van der Waals surface area contributed by atoms with E-state index in [0.29, 0.717) is 12.1 Å². The van der Waals surface area contributed by atoms with Crippen molar-refractivity contribution in [3.8, 4) is 5.75 Å². The van der Waals surface area contributed by atoms with E-state index < -0.39 is 52.5 Å². The number of carbonyl (C=O) groups excluding carboxylic acids is 2. The highest BCUT2D eigenvalue weighted by Gasteiger charge is 2.35. The molecule has 1 atom stereocenters. The Labute approximate surface area is 187 Å². The van der Waals surface area contributed by atoms with Crippen molar-refractivity contribution >= 4 is 29.1 Å². The fraction of sp³-hybridized carbons (Fsp3) is 0.0909. The van der Waals surface area contributed by atoms with E-state index >= 15 is 0 Å². The van der Waals surface area contributed by atoms with Crippen molar-refractivity contribution in [3.63, 3.8) is 0 Å². The molecule has 170 valence electrons. The first-order chi connectivity index (χ1) is 15.4. The van der Waals surface area contributed by atoms with Crippen LogP contribution in [0.5, 0.6) is 5.75 Å². The molecular formula is C22H12ClF5N2O3. The molecule has 3 aromatic carbocycles. The lowest BCUT2D eigenvalue weighted by Gasteiger charge is -2.18. The van der Waals surface area contributed by atoms with Gasteiger partial charge < -0.3 is 15.7 Å². The number of carbonyl (C=O) groups is 2. The Bertz CT molecular complexity index is 1310. The van der Waals surface area contributed by atoms with Crippen LogP contribution in [-0.2, 0) is 6.18 Å². The maximum atomic E-state index is 13.8. The van der Waals surface area contributed by atoms with Gasteiger partial charge in [0.15, 0.2) is 0 Å². The van der Waals surface area contributed by atoms with Crippen LogP contribution in [0.25, 0.3) is 0 Å². The summed E-state index contributed by atoms with van der Waals surface area (Å²) in [6.45, 7) is 0. The molecule has 0 saturated carbocycles. The van der Waals surface area contributed by atoms with Crippen LogP contribution < -0.4 is 10.6 Å². The van der Waals surface area contributed by atoms with Gasteiger partial charge in [0.2, 0.25) is 0 Å². The average Bonchev–Trinajstić information content (AvgIpc) is 3.05. The van der Waals surface area contributed by atoms with Gasteiger partial charge in [0.1, 0.15) is 17.4 Å². The van der Waals surface area contributed by atoms with E-state index in [0.717, 1.165) is 24.3 Å². The summed E-state index contributed by atoms with van der Waals surface area (Å²) in [6.07, 6.45) is -4.89. The Balaban J connectivity index is 1.79. The summed E-state index contributed by atoms with van der Waals surface area (Å²) in [6, 6.07) is 5.88. The normalized spacial score (nSPS) is 15.2. The van der Waals surface area contributed by atoms with Crippen molar-refractivity contribution in [3.05, 3.63) is 93.0 Å². The molecule has 3 N–H and O–H groups in total. The maximum absolute atomic E-state index is 13.8. The third-order valence-corrected chi connectivity index (χ3v) is 5.32. The molecule has 33 heavy (non-hydrogen) atoms. The topological polar surface area (TPSA) is 78.4 Å². The van der Waals surface area contributed by atoms with Gasteiger partial charge in [-0.3, -0.25) is 9.59 Å². The summed E-state index contributed by atoms with van der Waals surface area (Å²) in [4.78, 5) is 25.1. The summed E-state index contributed by atoms with van der Waals surface area (Å²) in [5.74, 6) is -4.15. The minimum absolute atomic E-state index is 0.0640. The quantitative estimate of drug-likeness (QED) is 0.436. The number of nitrogens with one attached hydrogen (secondary N) is 2. The number of phenols is 1. The van der Waals surface area contributed by atoms with E-state index in [1.165, 1.54) is 6.07 Å². The molecule has 2 amide bonds. The summed E-state index contributed by atoms with van der Waals surface area (Å²) in [7, 11) is 0. The Kier molecular flexibility index (Phi) is 5.49. The number of hydrogen-bond acceptors (Lipinski definition) is 3. The fourth-order valence-electron chi connectivity index (χ4n) is 3.57. The van der Waals surface area contributed by atoms with Gasteiger partial charge in [-0.2, -0.15) is 13.2 Å². The van der Waals surface area contributed by atoms with Crippen LogP contribution >= 0.6 is 11.6 Å². The number of halogens is 6. The first kappa shape index (κ1) is 22.5. The van der Waals surface area contributed by atoms with Gasteiger partial charge in [-0.1, -0.05) is 11.6 Å². The van der Waals surface area contributed by atoms with E-state index in [4.69, 9.17) is 11.6 Å². The van der Waals surface area contributed by atoms with E-state index in [2.05, 4.69) is 10.6 Å². The highest BCUT2D eigenvalue weighted by atomic mass is 35.5. The third-order valence-electron chi connectivity index (χ3n) is 4.98. The molecule has 0 radical (unpaired) electrons. The molecule has 1 aliphatic rings. The zero-order chi connectivity index (χ0) is 24.1. The predicted octanol–water partition coefficient (Wildman–Crippen LogP) is 5.43. The molecule has 4 rings (SSSR count). The zero-order valence-electron chi connectivity index (χ0n) is 16.2. The molecule has 11 heteroatoms. The number of phenolic OH excluding ortho intramolecular Hbond substituents is 1. The van der Waals surface area contributed by atoms with E-state index in [1.807, 2.05) is 0 Å². The number of alkyl halides is 3. The van der Waals surface area contributed by atoms with Crippen LogP contribution in [0.2, 0.25) is 5.02 Å². The predicted molar refractivity (Wildman–Crippen MR) is 108 cm³/mol. The monoisotopic (exact) mass is 482 g/mol. The first-order valence-electron chi connectivity index (χ1n) is 9.26. The minimum atomic E-state index is -4.89. The largest absolute Gasteiger partial charge is 0.508 e. The highest BCUT2D eigenvalue weighted by molar-refractivity contribution is 6.31. The van der Waals surface area contributed by atoms with E-state index in [1.54, 1.807) is 0 Å². The number of hydrogen-bond donors (Lipinski definition) is 3. The number of amides is 2. The summed E-state index contributed by atoms with van der Waals surface area (Å²) in [5.41, 5.74) is -1.98. The first-order valence-corrected chi connectivity index (χ1v) is 9.63. The lowest BCUT2D eigenvalue weighted by Crippen LogP contribution is -2.21. The zero-order valence-corrected chi connectivity index (χ0v) is 17.0. The van der Waals surface area contributed by atoms with Gasteiger partial charge in [0.25, 0.3) is 11.8 Å². The van der Waals surface area contributed by atoms with Gasteiger partial charge in [-0.25, -0.2) is 8.78 Å². The van der Waals surface area contributed by atoms with Crippen molar-refractivity contribution in [2.75, 3.05) is 5.32 Å². The fourth-order valence-corrected chi connectivity index (χ4v) is 3.80. The van der Waals surface area contributed by atoms with Gasteiger partial charge in [0, 0.05) is 27.8 Å². The summed E-state index contributed by atoms with van der Waals surface area (Å²) < 4.78 is 66.6. The Morgan fingerprint density at radius 2 is 1.76 bits per heavy atom. The molecule has 0 saturated heterocycles. The Morgan fingerprint density at radius 3 is 2.45 bits per heavy atom. The second-order valence-electron chi connectivity index (χ2n) is 7.21. The molecule has 1 unspecified atom stereocenters. The summed E-state index contributed by atoms with van der Waals surface area (Å²) in [5, 5.41) is 15.0. The molecule has 0 aliphatic carbocycles. The van der Waals surface area contributed by atoms with E-state index in [9.17, 15) is 36.6 Å². The molecule has 0 aromatic heterocycles. The van der Waals surface area contributed by atoms with E-state index in [-0.39, 0.29) is 33.5 Å². The number of rotatable bonds is 3. The lowest BCUT2D eigenvalue weighted by molar-refractivity contribution is -0.137. The number of fused-ring (bicyclic) bond motifs is 1. The molecule has 3 aromatic rings. The number of aromatic hydroxyl groups is 1. The molecule has 0 fully saturated rings. The van der Waals surface area contributed by atoms with Crippen LogP contribution in [0.1, 0.15) is 43.4 Å². The van der Waals surface area contributed by atoms with Crippen LogP contribution in [0.4, 0.5) is 27.6 Å². The van der Waals surface area contributed by atoms with Crippen molar-refractivity contribution in [2.24, 2.45) is 0 Å². The van der Waals surface area contributed by atoms with Crippen molar-refractivity contribution in [1.29, 1.82) is 0 Å². The Morgan fingerprint density at radius 1 is 1.03 bits per heavy atom. The van der Waals surface area contributed by atoms with Gasteiger partial charge in [0.05, 0.1) is 22.9 Å². The molecule has 1 aliphatic heterocycles. The van der Waals surface area contributed by atoms with Crippen LogP contribution in [0, 0.1) is 11.6 Å². The minimum Gasteiger partial charge on any atom is -0.508 e. The molecule has 0 bridgehead atoms. The standard InChI is InChI=1S/C22H12ClF5N2O3/c23-16-2-1-11(24)6-14(16)19-18-15(21(33)30-19)7-13(31)8-17(18)29-20(32)9-3-10(22(26,27)28)5-12(25)4-9/h1-8,19,31H,(H,29,32)(H,30,33). The van der Waals surface area contributed by atoms with Crippen molar-refractivity contribution < 1.29 is 36.6 Å². The third kappa shape index (κ3) is 4.34. The second kappa shape index (κ2) is 8.04. The molecule has 5 nitrogen and oxygen atoms in total. The van der Waals surface area contributed by atoms with Gasteiger partial charge >= 0.3 is 6.18 Å². The highest BCUT2D eigenvalue weighted by Crippen LogP contribution is 2.41. The summed E-state index contributed by atoms with van der Waals surface area (Å²) >= 11 is 6.15. The number of anilines is 1. The number of benzene rings is 3. The lowest BCUT2D eigenvalue weighted by atomic mass is 9.95. The second-order valence-corrected chi connectivity index (χ2v) is 7.61. The van der Waals surface area contributed by atoms with Crippen LogP contribution in [0.3, 0.4) is 0 Å². The molecule has 1 heterocycles. The molecule has 0 spiro atoms. The van der Waals surface area contributed by atoms with Gasteiger partial charge in [-0.15, -0.1) is 0 Å². The smallest absolute Gasteiger partial charge is 0.416 e. The maximum Gasteiger partial charge on any atom is 0.416 e. The SMILES string of the molecule is O=C(Nc1cc(O)cc2c1C(c1cc(F)ccc1Cl)NC2=O)c1cc(F)cc(C(F)(F)F)c1. The van der Waals surface area contributed by atoms with Gasteiger partial charge in [-0.05, 0) is 42.5 Å². The van der Waals surface area contributed by atoms with Crippen molar-refractivity contribution in [1.82, 2.24) is 5.32 Å². The Hall–Kier alpha value is -3.66.